The lowest BCUT2D eigenvalue weighted by molar-refractivity contribution is -0.132. The van der Waals surface area contributed by atoms with E-state index >= 15 is 0 Å². The van der Waals surface area contributed by atoms with Crippen LogP contribution in [0.5, 0.6) is 17.2 Å². The number of phenolic OH excluding ortho intramolecular Hbond substituents is 1. The number of aryl methyl sites for hydroxylation is 1. The molecule has 1 saturated heterocycles. The van der Waals surface area contributed by atoms with E-state index in [2.05, 4.69) is 54.0 Å². The van der Waals surface area contributed by atoms with Crippen molar-refractivity contribution in [1.82, 2.24) is 9.80 Å². The lowest BCUT2D eigenvalue weighted by Gasteiger charge is -2.61. The molecule has 6 heteroatoms. The van der Waals surface area contributed by atoms with Crippen molar-refractivity contribution in [2.75, 3.05) is 19.6 Å². The Bertz CT molecular complexity index is 1320. The number of nitrogens with zero attached hydrogens (tertiary/aromatic N) is 2. The first-order valence-electron chi connectivity index (χ1n) is 17.1. The molecule has 43 heavy (non-hydrogen) atoms. The number of esters is 1. The molecule has 0 amide bonds. The number of carbonyl (C=O) groups excluding carboxylic acids is 1. The van der Waals surface area contributed by atoms with Gasteiger partial charge in [0.25, 0.3) is 0 Å². The zero-order chi connectivity index (χ0) is 29.7. The van der Waals surface area contributed by atoms with E-state index < -0.39 is 0 Å². The highest BCUT2D eigenvalue weighted by atomic mass is 16.6. The van der Waals surface area contributed by atoms with Crippen molar-refractivity contribution in [3.8, 4) is 17.2 Å². The molecule has 7 rings (SSSR count). The number of rotatable bonds is 12. The molecule has 0 aromatic heterocycles. The Balaban J connectivity index is 1.14. The van der Waals surface area contributed by atoms with E-state index in [0.29, 0.717) is 29.8 Å². The molecule has 5 atom stereocenters. The highest BCUT2D eigenvalue weighted by Crippen LogP contribution is 2.66. The molecule has 2 bridgehead atoms. The standard InChI is InChI=1S/C37H50N2O4/c1-24(2)39(19-10-5-4-7-11-26-12-8-6-9-13-26)30-17-16-29-31-21-28-32(41)22-33(42-25(3)40)35-34(28)37(29,36(30)43-35)18-20-38(31)23-27-14-15-27/h6,8-9,12-13,22,24,27,29-31,36,41H,4-5,7,10-11,14-21,23H2,1-3H3/t29-,30+,31+,36-,37-/m0/s1. The summed E-state index contributed by atoms with van der Waals surface area (Å²) >= 11 is 0. The van der Waals surface area contributed by atoms with E-state index in [1.54, 1.807) is 6.07 Å². The van der Waals surface area contributed by atoms with Crippen molar-refractivity contribution < 1.29 is 19.4 Å². The van der Waals surface area contributed by atoms with Gasteiger partial charge in [0.2, 0.25) is 0 Å². The quantitative estimate of drug-likeness (QED) is 0.171. The number of carbonyl (C=O) groups is 1. The van der Waals surface area contributed by atoms with Gasteiger partial charge >= 0.3 is 5.97 Å². The number of hydrogen-bond acceptors (Lipinski definition) is 6. The van der Waals surface area contributed by atoms with Crippen LogP contribution in [0.3, 0.4) is 0 Å². The zero-order valence-corrected chi connectivity index (χ0v) is 26.4. The van der Waals surface area contributed by atoms with Gasteiger partial charge in [-0.25, -0.2) is 0 Å². The molecular formula is C37H50N2O4. The molecule has 2 aliphatic heterocycles. The predicted molar refractivity (Wildman–Crippen MR) is 169 cm³/mol. The minimum Gasteiger partial charge on any atom is -0.508 e. The van der Waals surface area contributed by atoms with Gasteiger partial charge in [0.05, 0.1) is 0 Å². The second kappa shape index (κ2) is 11.7. The van der Waals surface area contributed by atoms with Gasteiger partial charge in [-0.05, 0) is 102 Å². The Kier molecular flexibility index (Phi) is 7.96. The maximum Gasteiger partial charge on any atom is 0.308 e. The van der Waals surface area contributed by atoms with Crippen LogP contribution in [0.4, 0.5) is 0 Å². The van der Waals surface area contributed by atoms with Crippen molar-refractivity contribution >= 4 is 5.97 Å². The van der Waals surface area contributed by atoms with E-state index in [1.807, 2.05) is 0 Å². The Morgan fingerprint density at radius 3 is 2.65 bits per heavy atom. The Labute approximate surface area is 257 Å². The molecule has 5 aliphatic rings. The van der Waals surface area contributed by atoms with Crippen molar-refractivity contribution in [2.45, 2.75) is 121 Å². The summed E-state index contributed by atoms with van der Waals surface area (Å²) in [5.74, 6) is 2.40. The van der Waals surface area contributed by atoms with Crippen LogP contribution in [-0.4, -0.2) is 64.7 Å². The average molecular weight is 587 g/mol. The van der Waals surface area contributed by atoms with Gasteiger partial charge in [-0.15, -0.1) is 0 Å². The van der Waals surface area contributed by atoms with Crippen LogP contribution in [0.15, 0.2) is 36.4 Å². The summed E-state index contributed by atoms with van der Waals surface area (Å²) in [6.45, 7) is 9.47. The van der Waals surface area contributed by atoms with Gasteiger partial charge in [0.1, 0.15) is 11.9 Å². The first-order valence-corrected chi connectivity index (χ1v) is 17.1. The van der Waals surface area contributed by atoms with Gasteiger partial charge in [0.15, 0.2) is 11.5 Å². The fourth-order valence-corrected chi connectivity index (χ4v) is 9.51. The molecule has 6 nitrogen and oxygen atoms in total. The molecule has 3 fully saturated rings. The maximum atomic E-state index is 12.1. The van der Waals surface area contributed by atoms with Gasteiger partial charge in [0, 0.05) is 54.2 Å². The van der Waals surface area contributed by atoms with Crippen molar-refractivity contribution in [3.63, 3.8) is 0 Å². The summed E-state index contributed by atoms with van der Waals surface area (Å²) in [6, 6.07) is 13.7. The van der Waals surface area contributed by atoms with Crippen LogP contribution in [0, 0.1) is 11.8 Å². The number of aromatic hydroxyl groups is 1. The molecule has 2 aromatic rings. The predicted octanol–water partition coefficient (Wildman–Crippen LogP) is 6.65. The monoisotopic (exact) mass is 586 g/mol. The summed E-state index contributed by atoms with van der Waals surface area (Å²) in [6.07, 6.45) is 13.1. The number of hydrogen-bond donors (Lipinski definition) is 1. The first-order chi connectivity index (χ1) is 20.9. The SMILES string of the molecule is CC(=O)Oc1cc(O)c2c3c1O[C@H]1[C@H](N(CCCCCCc4ccccc4)C(C)C)CC[C@H]4[C@@H](C2)N(CC2CC2)CC[C@@]341. The normalized spacial score (nSPS) is 29.0. The highest BCUT2D eigenvalue weighted by molar-refractivity contribution is 5.73. The fourth-order valence-electron chi connectivity index (χ4n) is 9.51. The summed E-state index contributed by atoms with van der Waals surface area (Å²) in [5.41, 5.74) is 3.53. The van der Waals surface area contributed by atoms with E-state index in [1.165, 1.54) is 69.5 Å². The van der Waals surface area contributed by atoms with Crippen LogP contribution in [0.25, 0.3) is 0 Å². The third-order valence-electron chi connectivity index (χ3n) is 11.5. The van der Waals surface area contributed by atoms with E-state index in [9.17, 15) is 9.90 Å². The molecular weight excluding hydrogens is 536 g/mol. The summed E-state index contributed by atoms with van der Waals surface area (Å²) in [4.78, 5) is 17.6. The van der Waals surface area contributed by atoms with Crippen LogP contribution in [-0.2, 0) is 23.1 Å². The second-order valence-corrected chi connectivity index (χ2v) is 14.4. The number of benzene rings is 2. The number of piperidine rings is 1. The molecule has 1 spiro atoms. The van der Waals surface area contributed by atoms with Gasteiger partial charge in [-0.2, -0.15) is 0 Å². The minimum atomic E-state index is -0.372. The smallest absolute Gasteiger partial charge is 0.308 e. The van der Waals surface area contributed by atoms with Crippen molar-refractivity contribution in [3.05, 3.63) is 53.1 Å². The molecule has 3 aliphatic carbocycles. The second-order valence-electron chi connectivity index (χ2n) is 14.4. The van der Waals surface area contributed by atoms with Gasteiger partial charge in [-0.1, -0.05) is 43.2 Å². The summed E-state index contributed by atoms with van der Waals surface area (Å²) < 4.78 is 12.8. The molecule has 1 N–H and O–H groups in total. The molecule has 232 valence electrons. The average Bonchev–Trinajstić information content (AvgIpc) is 3.74. The first kappa shape index (κ1) is 29.2. The molecule has 0 radical (unpaired) electrons. The number of unbranched alkanes of at least 4 members (excludes halogenated alkanes) is 3. The van der Waals surface area contributed by atoms with E-state index in [0.717, 1.165) is 56.0 Å². The molecule has 2 saturated carbocycles. The Morgan fingerprint density at radius 1 is 1.12 bits per heavy atom. The zero-order valence-electron chi connectivity index (χ0n) is 26.4. The van der Waals surface area contributed by atoms with Crippen LogP contribution in [0.2, 0.25) is 0 Å². The largest absolute Gasteiger partial charge is 0.508 e. The Morgan fingerprint density at radius 2 is 1.91 bits per heavy atom. The van der Waals surface area contributed by atoms with Gasteiger partial charge < -0.3 is 14.6 Å². The molecule has 0 unspecified atom stereocenters. The van der Waals surface area contributed by atoms with Crippen molar-refractivity contribution in [1.29, 1.82) is 0 Å². The van der Waals surface area contributed by atoms with E-state index in [4.69, 9.17) is 9.47 Å². The van der Waals surface area contributed by atoms with Crippen molar-refractivity contribution in [2.24, 2.45) is 11.8 Å². The minimum absolute atomic E-state index is 0.0162. The number of likely N-dealkylation sites (tertiary alicyclic amines) is 1. The lowest BCUT2D eigenvalue weighted by atomic mass is 9.50. The lowest BCUT2D eigenvalue weighted by Crippen LogP contribution is -2.69. The van der Waals surface area contributed by atoms with Crippen LogP contribution < -0.4 is 9.47 Å². The maximum absolute atomic E-state index is 12.1. The summed E-state index contributed by atoms with van der Waals surface area (Å²) in [7, 11) is 0. The molecule has 2 heterocycles. The van der Waals surface area contributed by atoms with Crippen LogP contribution >= 0.6 is 0 Å². The number of phenols is 1. The Hall–Kier alpha value is -2.57. The van der Waals surface area contributed by atoms with Crippen LogP contribution in [0.1, 0.15) is 95.2 Å². The van der Waals surface area contributed by atoms with E-state index in [-0.39, 0.29) is 23.2 Å². The topological polar surface area (TPSA) is 62.2 Å². The van der Waals surface area contributed by atoms with Gasteiger partial charge in [-0.3, -0.25) is 14.6 Å². The summed E-state index contributed by atoms with van der Waals surface area (Å²) in [5, 5.41) is 11.4. The fraction of sp³-hybridized carbons (Fsp3) is 0.649. The third-order valence-corrected chi connectivity index (χ3v) is 11.5. The number of ether oxygens (including phenoxy) is 2. The third kappa shape index (κ3) is 5.27. The highest BCUT2D eigenvalue weighted by Gasteiger charge is 2.67. The molecule has 2 aromatic carbocycles.